The molecule has 0 aliphatic carbocycles. The van der Waals surface area contributed by atoms with E-state index in [9.17, 15) is 0 Å². The highest BCUT2D eigenvalue weighted by Crippen LogP contribution is 2.14. The van der Waals surface area contributed by atoms with Crippen LogP contribution in [0.3, 0.4) is 0 Å². The molecular formula is C12H24. The quantitative estimate of drug-likeness (QED) is 0.386. The van der Waals surface area contributed by atoms with Gasteiger partial charge < -0.3 is 0 Å². The number of hydrogen-bond acceptors (Lipinski definition) is 0. The molecule has 0 aliphatic heterocycles. The number of rotatable bonds is 7. The van der Waals surface area contributed by atoms with Crippen LogP contribution in [0.4, 0.5) is 0 Å². The van der Waals surface area contributed by atoms with E-state index in [1.54, 1.807) is 0 Å². The SMILES string of the molecule is C=C(CCC)CCCCC(C)C. The third-order valence-electron chi connectivity index (χ3n) is 2.17. The smallest absolute Gasteiger partial charge is 0.0323 e. The van der Waals surface area contributed by atoms with Crippen molar-refractivity contribution in [1.82, 2.24) is 0 Å². The molecule has 0 saturated heterocycles. The molecule has 0 aromatic carbocycles. The molecule has 0 radical (unpaired) electrons. The van der Waals surface area contributed by atoms with Gasteiger partial charge in [0.2, 0.25) is 0 Å². The van der Waals surface area contributed by atoms with Crippen molar-refractivity contribution in [2.24, 2.45) is 5.92 Å². The fraction of sp³-hybridized carbons (Fsp3) is 0.833. The van der Waals surface area contributed by atoms with Crippen molar-refractivity contribution < 1.29 is 0 Å². The number of allylic oxidation sites excluding steroid dienone is 1. The second-order valence-corrected chi connectivity index (χ2v) is 4.14. The first-order chi connectivity index (χ1) is 5.66. The fourth-order valence-corrected chi connectivity index (χ4v) is 1.41. The molecule has 0 heterocycles. The van der Waals surface area contributed by atoms with Crippen LogP contribution in [0.15, 0.2) is 12.2 Å². The summed E-state index contributed by atoms with van der Waals surface area (Å²) in [7, 11) is 0. The third kappa shape index (κ3) is 7.84. The summed E-state index contributed by atoms with van der Waals surface area (Å²) in [5.41, 5.74) is 1.45. The fourth-order valence-electron chi connectivity index (χ4n) is 1.41. The zero-order valence-corrected chi connectivity index (χ0v) is 9.03. The molecule has 72 valence electrons. The average Bonchev–Trinajstić information content (AvgIpc) is 1.98. The lowest BCUT2D eigenvalue weighted by Gasteiger charge is -2.05. The molecule has 0 bridgehead atoms. The Hall–Kier alpha value is -0.260. The van der Waals surface area contributed by atoms with Crippen molar-refractivity contribution in [3.05, 3.63) is 12.2 Å². The second kappa shape index (κ2) is 7.39. The number of unbranched alkanes of at least 4 members (excludes halogenated alkanes) is 1. The molecule has 0 aliphatic rings. The summed E-state index contributed by atoms with van der Waals surface area (Å²) in [6.45, 7) is 10.9. The molecule has 0 amide bonds. The summed E-state index contributed by atoms with van der Waals surface area (Å²) >= 11 is 0. The van der Waals surface area contributed by atoms with Gasteiger partial charge in [-0.2, -0.15) is 0 Å². The van der Waals surface area contributed by atoms with Gasteiger partial charge in [0.1, 0.15) is 0 Å². The molecule has 0 spiro atoms. The molecule has 0 atom stereocenters. The Bertz CT molecular complexity index is 111. The van der Waals surface area contributed by atoms with Crippen molar-refractivity contribution in [1.29, 1.82) is 0 Å². The van der Waals surface area contributed by atoms with Crippen molar-refractivity contribution >= 4 is 0 Å². The van der Waals surface area contributed by atoms with Crippen LogP contribution >= 0.6 is 0 Å². The van der Waals surface area contributed by atoms with Crippen LogP contribution in [0.1, 0.15) is 59.3 Å². The van der Waals surface area contributed by atoms with Crippen LogP contribution in [-0.2, 0) is 0 Å². The Kier molecular flexibility index (Phi) is 7.23. The monoisotopic (exact) mass is 168 g/mol. The summed E-state index contributed by atoms with van der Waals surface area (Å²) in [4.78, 5) is 0. The lowest BCUT2D eigenvalue weighted by molar-refractivity contribution is 0.535. The standard InChI is InChI=1S/C12H24/c1-5-8-12(4)10-7-6-9-11(2)3/h11H,4-10H2,1-3H3. The minimum absolute atomic E-state index is 0.865. The van der Waals surface area contributed by atoms with Crippen LogP contribution in [0.5, 0.6) is 0 Å². The van der Waals surface area contributed by atoms with Crippen molar-refractivity contribution in [3.8, 4) is 0 Å². The van der Waals surface area contributed by atoms with E-state index in [0.29, 0.717) is 0 Å². The molecule has 12 heavy (non-hydrogen) atoms. The average molecular weight is 168 g/mol. The summed E-state index contributed by atoms with van der Waals surface area (Å²) < 4.78 is 0. The van der Waals surface area contributed by atoms with Crippen LogP contribution in [0.25, 0.3) is 0 Å². The van der Waals surface area contributed by atoms with Gasteiger partial charge in [0.05, 0.1) is 0 Å². The lowest BCUT2D eigenvalue weighted by atomic mass is 10.0. The molecule has 0 aromatic heterocycles. The molecule has 0 N–H and O–H groups in total. The maximum absolute atomic E-state index is 4.06. The molecule has 0 rings (SSSR count). The highest BCUT2D eigenvalue weighted by molar-refractivity contribution is 4.92. The zero-order chi connectivity index (χ0) is 9.40. The minimum atomic E-state index is 0.865. The predicted octanol–water partition coefficient (Wildman–Crippen LogP) is 4.56. The number of hydrogen-bond donors (Lipinski definition) is 0. The Balaban J connectivity index is 3.14. The summed E-state index contributed by atoms with van der Waals surface area (Å²) in [6.07, 6.45) is 7.82. The Morgan fingerprint density at radius 3 is 2.33 bits per heavy atom. The maximum Gasteiger partial charge on any atom is -0.0323 e. The third-order valence-corrected chi connectivity index (χ3v) is 2.17. The normalized spacial score (nSPS) is 10.7. The van der Waals surface area contributed by atoms with Crippen LogP contribution in [0.2, 0.25) is 0 Å². The lowest BCUT2D eigenvalue weighted by Crippen LogP contribution is -1.88. The summed E-state index contributed by atoms with van der Waals surface area (Å²) in [6, 6.07) is 0. The topological polar surface area (TPSA) is 0 Å². The van der Waals surface area contributed by atoms with E-state index in [4.69, 9.17) is 0 Å². The first-order valence-corrected chi connectivity index (χ1v) is 5.33. The molecule has 0 aromatic rings. The van der Waals surface area contributed by atoms with Gasteiger partial charge >= 0.3 is 0 Å². The van der Waals surface area contributed by atoms with Gasteiger partial charge in [-0.05, 0) is 25.2 Å². The summed E-state index contributed by atoms with van der Waals surface area (Å²) in [5.74, 6) is 0.865. The van der Waals surface area contributed by atoms with Crippen molar-refractivity contribution in [2.75, 3.05) is 0 Å². The van der Waals surface area contributed by atoms with E-state index in [0.717, 1.165) is 5.92 Å². The van der Waals surface area contributed by atoms with E-state index < -0.39 is 0 Å². The van der Waals surface area contributed by atoms with Gasteiger partial charge in [-0.3, -0.25) is 0 Å². The van der Waals surface area contributed by atoms with E-state index in [1.807, 2.05) is 0 Å². The second-order valence-electron chi connectivity index (χ2n) is 4.14. The van der Waals surface area contributed by atoms with Gasteiger partial charge in [-0.25, -0.2) is 0 Å². The highest BCUT2D eigenvalue weighted by Gasteiger charge is 1.96. The van der Waals surface area contributed by atoms with Crippen molar-refractivity contribution in [3.63, 3.8) is 0 Å². The van der Waals surface area contributed by atoms with Gasteiger partial charge in [0, 0.05) is 0 Å². The van der Waals surface area contributed by atoms with E-state index >= 15 is 0 Å². The van der Waals surface area contributed by atoms with E-state index in [2.05, 4.69) is 27.4 Å². The Morgan fingerprint density at radius 2 is 1.83 bits per heavy atom. The molecule has 0 nitrogen and oxygen atoms in total. The zero-order valence-electron chi connectivity index (χ0n) is 9.03. The first kappa shape index (κ1) is 11.7. The van der Waals surface area contributed by atoms with Gasteiger partial charge in [0.25, 0.3) is 0 Å². The summed E-state index contributed by atoms with van der Waals surface area (Å²) in [5, 5.41) is 0. The van der Waals surface area contributed by atoms with Crippen LogP contribution in [0, 0.1) is 5.92 Å². The highest BCUT2D eigenvalue weighted by atomic mass is 14.0. The Labute approximate surface area is 78.1 Å². The van der Waals surface area contributed by atoms with Gasteiger partial charge in [-0.15, -0.1) is 0 Å². The molecular weight excluding hydrogens is 144 g/mol. The maximum atomic E-state index is 4.06. The van der Waals surface area contributed by atoms with Crippen molar-refractivity contribution in [2.45, 2.75) is 59.3 Å². The van der Waals surface area contributed by atoms with E-state index in [-0.39, 0.29) is 0 Å². The molecule has 0 fully saturated rings. The molecule has 0 saturated carbocycles. The Morgan fingerprint density at radius 1 is 1.17 bits per heavy atom. The van der Waals surface area contributed by atoms with Gasteiger partial charge in [0.15, 0.2) is 0 Å². The first-order valence-electron chi connectivity index (χ1n) is 5.33. The van der Waals surface area contributed by atoms with Crippen LogP contribution < -0.4 is 0 Å². The van der Waals surface area contributed by atoms with Crippen LogP contribution in [-0.4, -0.2) is 0 Å². The van der Waals surface area contributed by atoms with E-state index in [1.165, 1.54) is 44.1 Å². The molecule has 0 heteroatoms. The predicted molar refractivity (Wildman–Crippen MR) is 57.4 cm³/mol. The largest absolute Gasteiger partial charge is 0.0999 e. The van der Waals surface area contributed by atoms with Gasteiger partial charge in [-0.1, -0.05) is 52.2 Å². The minimum Gasteiger partial charge on any atom is -0.0999 e. The molecule has 0 unspecified atom stereocenters.